The molecule has 0 saturated heterocycles. The summed E-state index contributed by atoms with van der Waals surface area (Å²) in [5.41, 5.74) is 6.29. The summed E-state index contributed by atoms with van der Waals surface area (Å²) < 4.78 is 13.3. The zero-order valence-electron chi connectivity index (χ0n) is 10.7. The average molecular weight is 274 g/mol. The molecule has 20 heavy (non-hydrogen) atoms. The second-order valence-corrected chi connectivity index (χ2v) is 4.36. The van der Waals surface area contributed by atoms with Crippen LogP contribution in [0.3, 0.4) is 0 Å². The zero-order valence-corrected chi connectivity index (χ0v) is 10.7. The number of benzene rings is 2. The van der Waals surface area contributed by atoms with E-state index in [-0.39, 0.29) is 17.9 Å². The molecule has 0 radical (unpaired) electrons. The Morgan fingerprint density at radius 2 is 1.95 bits per heavy atom. The molecule has 0 fully saturated rings. The van der Waals surface area contributed by atoms with Crippen molar-refractivity contribution in [2.45, 2.75) is 6.04 Å². The first-order valence-electron chi connectivity index (χ1n) is 6.13. The minimum absolute atomic E-state index is 0.0108. The highest BCUT2D eigenvalue weighted by Gasteiger charge is 2.15. The number of hydrogen-bond acceptors (Lipinski definition) is 3. The Morgan fingerprint density at radius 1 is 1.25 bits per heavy atom. The Kier molecular flexibility index (Phi) is 4.32. The Morgan fingerprint density at radius 3 is 2.55 bits per heavy atom. The van der Waals surface area contributed by atoms with Crippen molar-refractivity contribution in [1.82, 2.24) is 5.32 Å². The van der Waals surface area contributed by atoms with Gasteiger partial charge in [0.25, 0.3) is 5.91 Å². The fourth-order valence-electron chi connectivity index (χ4n) is 1.83. The normalized spacial score (nSPS) is 11.9. The van der Waals surface area contributed by atoms with Crippen molar-refractivity contribution in [2.75, 3.05) is 12.3 Å². The van der Waals surface area contributed by atoms with Gasteiger partial charge in [0.2, 0.25) is 0 Å². The van der Waals surface area contributed by atoms with E-state index >= 15 is 0 Å². The molecule has 104 valence electrons. The maximum absolute atomic E-state index is 13.3. The van der Waals surface area contributed by atoms with Crippen LogP contribution < -0.4 is 11.1 Å². The first kappa shape index (κ1) is 14.0. The van der Waals surface area contributed by atoms with E-state index in [9.17, 15) is 14.3 Å². The van der Waals surface area contributed by atoms with E-state index < -0.39 is 17.8 Å². The summed E-state index contributed by atoms with van der Waals surface area (Å²) in [5.74, 6) is -1.11. The van der Waals surface area contributed by atoms with Crippen molar-refractivity contribution >= 4 is 11.6 Å². The van der Waals surface area contributed by atoms with E-state index in [4.69, 9.17) is 5.73 Å². The quantitative estimate of drug-likeness (QED) is 0.745. The maximum atomic E-state index is 13.3. The largest absolute Gasteiger partial charge is 0.396 e. The molecule has 1 amide bonds. The van der Waals surface area contributed by atoms with Crippen LogP contribution in [-0.2, 0) is 0 Å². The molecule has 0 heterocycles. The summed E-state index contributed by atoms with van der Waals surface area (Å²) in [6, 6.07) is 12.4. The SMILES string of the molecule is Nc1ccc(C(=O)NC(CO)c2ccccc2)cc1F. The lowest BCUT2D eigenvalue weighted by atomic mass is 10.1. The van der Waals surface area contributed by atoms with Gasteiger partial charge in [0.15, 0.2) is 0 Å². The molecule has 4 nitrogen and oxygen atoms in total. The van der Waals surface area contributed by atoms with Crippen molar-refractivity contribution in [3.8, 4) is 0 Å². The Labute approximate surface area is 116 Å². The third-order valence-electron chi connectivity index (χ3n) is 2.95. The second-order valence-electron chi connectivity index (χ2n) is 4.36. The zero-order chi connectivity index (χ0) is 14.5. The van der Waals surface area contributed by atoms with Gasteiger partial charge in [-0.15, -0.1) is 0 Å². The van der Waals surface area contributed by atoms with Crippen LogP contribution >= 0.6 is 0 Å². The van der Waals surface area contributed by atoms with Gasteiger partial charge in [0, 0.05) is 5.56 Å². The molecule has 2 rings (SSSR count). The molecule has 0 spiro atoms. The van der Waals surface area contributed by atoms with E-state index in [1.165, 1.54) is 12.1 Å². The number of carbonyl (C=O) groups is 1. The third kappa shape index (κ3) is 3.13. The lowest BCUT2D eigenvalue weighted by Crippen LogP contribution is -2.30. The molecule has 1 unspecified atom stereocenters. The van der Waals surface area contributed by atoms with Crippen molar-refractivity contribution in [1.29, 1.82) is 0 Å². The number of nitrogens with one attached hydrogen (secondary N) is 1. The fraction of sp³-hybridized carbons (Fsp3) is 0.133. The van der Waals surface area contributed by atoms with Gasteiger partial charge in [-0.05, 0) is 23.8 Å². The van der Waals surface area contributed by atoms with E-state index in [1.54, 1.807) is 12.1 Å². The fourth-order valence-corrected chi connectivity index (χ4v) is 1.83. The summed E-state index contributed by atoms with van der Waals surface area (Å²) in [6.45, 7) is -0.243. The summed E-state index contributed by atoms with van der Waals surface area (Å²) >= 11 is 0. The standard InChI is InChI=1S/C15H15FN2O2/c16-12-8-11(6-7-13(12)17)15(20)18-14(9-19)10-4-2-1-3-5-10/h1-8,14,19H,9,17H2,(H,18,20). The van der Waals surface area contributed by atoms with Gasteiger partial charge in [0.1, 0.15) is 5.82 Å². The number of anilines is 1. The number of nitrogen functional groups attached to an aromatic ring is 1. The highest BCUT2D eigenvalue weighted by Crippen LogP contribution is 2.15. The molecule has 0 aromatic heterocycles. The molecule has 4 N–H and O–H groups in total. The van der Waals surface area contributed by atoms with E-state index in [1.807, 2.05) is 18.2 Å². The van der Waals surface area contributed by atoms with Crippen molar-refractivity contribution in [2.24, 2.45) is 0 Å². The van der Waals surface area contributed by atoms with Crippen LogP contribution in [0.5, 0.6) is 0 Å². The lowest BCUT2D eigenvalue weighted by Gasteiger charge is -2.16. The number of amides is 1. The van der Waals surface area contributed by atoms with Crippen molar-refractivity contribution < 1.29 is 14.3 Å². The average Bonchev–Trinajstić information content (AvgIpc) is 2.48. The molecule has 0 aliphatic rings. The Balaban J connectivity index is 2.15. The number of nitrogens with two attached hydrogens (primary N) is 1. The maximum Gasteiger partial charge on any atom is 0.251 e. The van der Waals surface area contributed by atoms with E-state index in [0.29, 0.717) is 0 Å². The van der Waals surface area contributed by atoms with Crippen molar-refractivity contribution in [3.05, 3.63) is 65.5 Å². The van der Waals surface area contributed by atoms with Gasteiger partial charge in [-0.2, -0.15) is 0 Å². The first-order valence-corrected chi connectivity index (χ1v) is 6.13. The highest BCUT2D eigenvalue weighted by molar-refractivity contribution is 5.94. The predicted octanol–water partition coefficient (Wildman–Crippen LogP) is 1.87. The predicted molar refractivity (Wildman–Crippen MR) is 74.5 cm³/mol. The number of aliphatic hydroxyl groups excluding tert-OH is 1. The van der Waals surface area contributed by atoms with Crippen LogP contribution in [0.4, 0.5) is 10.1 Å². The monoisotopic (exact) mass is 274 g/mol. The molecule has 0 saturated carbocycles. The van der Waals surface area contributed by atoms with Crippen LogP contribution in [0.15, 0.2) is 48.5 Å². The number of carbonyl (C=O) groups excluding carboxylic acids is 1. The summed E-state index contributed by atoms with van der Waals surface area (Å²) in [5, 5.41) is 12.0. The van der Waals surface area contributed by atoms with Gasteiger partial charge >= 0.3 is 0 Å². The number of rotatable bonds is 4. The van der Waals surface area contributed by atoms with Gasteiger partial charge in [-0.25, -0.2) is 4.39 Å². The van der Waals surface area contributed by atoms with Gasteiger partial charge in [-0.3, -0.25) is 4.79 Å². The molecular formula is C15H15FN2O2. The summed E-state index contributed by atoms with van der Waals surface area (Å²) in [7, 11) is 0. The Bertz CT molecular complexity index is 602. The van der Waals surface area contributed by atoms with E-state index in [2.05, 4.69) is 5.32 Å². The van der Waals surface area contributed by atoms with Crippen LogP contribution in [0.25, 0.3) is 0 Å². The first-order chi connectivity index (χ1) is 9.61. The smallest absolute Gasteiger partial charge is 0.251 e. The van der Waals surface area contributed by atoms with Crippen LogP contribution in [-0.4, -0.2) is 17.6 Å². The van der Waals surface area contributed by atoms with Crippen molar-refractivity contribution in [3.63, 3.8) is 0 Å². The number of aliphatic hydroxyl groups is 1. The minimum atomic E-state index is -0.641. The molecule has 0 aliphatic heterocycles. The van der Waals surface area contributed by atoms with Crippen LogP contribution in [0.2, 0.25) is 0 Å². The van der Waals surface area contributed by atoms with Crippen LogP contribution in [0, 0.1) is 5.82 Å². The summed E-state index contributed by atoms with van der Waals surface area (Å²) in [6.07, 6.45) is 0. The molecule has 0 aliphatic carbocycles. The number of halogens is 1. The third-order valence-corrected chi connectivity index (χ3v) is 2.95. The van der Waals surface area contributed by atoms with Crippen LogP contribution in [0.1, 0.15) is 22.0 Å². The minimum Gasteiger partial charge on any atom is -0.396 e. The summed E-state index contributed by atoms with van der Waals surface area (Å²) in [4.78, 5) is 12.0. The molecular weight excluding hydrogens is 259 g/mol. The molecule has 5 heteroatoms. The van der Waals surface area contributed by atoms with Gasteiger partial charge in [0.05, 0.1) is 18.3 Å². The Hall–Kier alpha value is -2.40. The highest BCUT2D eigenvalue weighted by atomic mass is 19.1. The molecule has 2 aromatic rings. The number of hydrogen-bond donors (Lipinski definition) is 3. The molecule has 1 atom stereocenters. The second kappa shape index (κ2) is 6.16. The molecule has 0 bridgehead atoms. The van der Waals surface area contributed by atoms with Gasteiger partial charge in [-0.1, -0.05) is 30.3 Å². The van der Waals surface area contributed by atoms with Gasteiger partial charge < -0.3 is 16.2 Å². The molecule has 2 aromatic carbocycles. The topological polar surface area (TPSA) is 75.4 Å². The lowest BCUT2D eigenvalue weighted by molar-refractivity contribution is 0.0916. The van der Waals surface area contributed by atoms with E-state index in [0.717, 1.165) is 11.6 Å².